The number of nitrogens with zero attached hydrogens (tertiary/aromatic N) is 3. The molecule has 3 rings (SSSR count). The summed E-state index contributed by atoms with van der Waals surface area (Å²) in [6.45, 7) is 12.1. The van der Waals surface area contributed by atoms with Crippen LogP contribution >= 0.6 is 11.8 Å². The number of benzene rings is 2. The van der Waals surface area contributed by atoms with Gasteiger partial charge >= 0.3 is 0 Å². The third kappa shape index (κ3) is 6.05. The molecule has 0 bridgehead atoms. The van der Waals surface area contributed by atoms with Gasteiger partial charge in [-0.3, -0.25) is 9.59 Å². The van der Waals surface area contributed by atoms with Crippen LogP contribution in [-0.2, 0) is 11.8 Å². The van der Waals surface area contributed by atoms with Gasteiger partial charge in [0.05, 0.1) is 11.8 Å². The van der Waals surface area contributed by atoms with Gasteiger partial charge in [0, 0.05) is 18.3 Å². The van der Waals surface area contributed by atoms with Crippen LogP contribution in [0, 0.1) is 33.6 Å². The van der Waals surface area contributed by atoms with E-state index >= 15 is 0 Å². The van der Waals surface area contributed by atoms with Crippen molar-refractivity contribution in [1.29, 1.82) is 0 Å². The Labute approximate surface area is 205 Å². The first kappa shape index (κ1) is 25.5. The predicted molar refractivity (Wildman–Crippen MR) is 137 cm³/mol. The average Bonchev–Trinajstić information content (AvgIpc) is 3.13. The SMILES string of the molecule is Cc1ccc(C(=O)N[C@@H](c2nnc(SCC(=O)Nc3c(C)cc(C)cc3C)n2C)C(C)C)cc1. The van der Waals surface area contributed by atoms with E-state index in [1.165, 1.54) is 17.3 Å². The molecule has 0 fully saturated rings. The van der Waals surface area contributed by atoms with Crippen LogP contribution in [-0.4, -0.2) is 32.3 Å². The largest absolute Gasteiger partial charge is 0.342 e. The summed E-state index contributed by atoms with van der Waals surface area (Å²) in [5.74, 6) is 0.715. The summed E-state index contributed by atoms with van der Waals surface area (Å²) in [6, 6.07) is 11.3. The van der Waals surface area contributed by atoms with Gasteiger partial charge in [-0.25, -0.2) is 0 Å². The minimum absolute atomic E-state index is 0.0994. The monoisotopic (exact) mass is 479 g/mol. The summed E-state index contributed by atoms with van der Waals surface area (Å²) >= 11 is 1.32. The molecule has 0 unspecified atom stereocenters. The molecule has 2 N–H and O–H groups in total. The first-order valence-electron chi connectivity index (χ1n) is 11.3. The van der Waals surface area contributed by atoms with E-state index in [4.69, 9.17) is 0 Å². The minimum atomic E-state index is -0.313. The fraction of sp³-hybridized carbons (Fsp3) is 0.385. The number of aryl methyl sites for hydroxylation is 4. The molecule has 2 aromatic carbocycles. The second kappa shape index (κ2) is 10.9. The van der Waals surface area contributed by atoms with Crippen LogP contribution in [0.15, 0.2) is 41.6 Å². The maximum absolute atomic E-state index is 12.8. The number of hydrogen-bond acceptors (Lipinski definition) is 5. The first-order valence-corrected chi connectivity index (χ1v) is 12.3. The molecule has 1 atom stereocenters. The average molecular weight is 480 g/mol. The van der Waals surface area contributed by atoms with E-state index < -0.39 is 0 Å². The number of carbonyl (C=O) groups excluding carboxylic acids is 2. The van der Waals surface area contributed by atoms with Crippen LogP contribution in [0.5, 0.6) is 0 Å². The molecule has 0 spiro atoms. The Morgan fingerprint density at radius 2 is 1.59 bits per heavy atom. The fourth-order valence-electron chi connectivity index (χ4n) is 3.86. The molecule has 7 nitrogen and oxygen atoms in total. The van der Waals surface area contributed by atoms with Crippen LogP contribution in [0.3, 0.4) is 0 Å². The van der Waals surface area contributed by atoms with E-state index in [0.29, 0.717) is 16.5 Å². The summed E-state index contributed by atoms with van der Waals surface area (Å²) < 4.78 is 1.85. The highest BCUT2D eigenvalue weighted by molar-refractivity contribution is 7.99. The van der Waals surface area contributed by atoms with E-state index in [2.05, 4.69) is 33.0 Å². The number of rotatable bonds is 8. The third-order valence-electron chi connectivity index (χ3n) is 5.69. The van der Waals surface area contributed by atoms with Crippen molar-refractivity contribution in [3.63, 3.8) is 0 Å². The quantitative estimate of drug-likeness (QED) is 0.448. The molecule has 180 valence electrons. The Morgan fingerprint density at radius 3 is 2.18 bits per heavy atom. The highest BCUT2D eigenvalue weighted by atomic mass is 32.2. The van der Waals surface area contributed by atoms with Crippen LogP contribution in [0.2, 0.25) is 0 Å². The van der Waals surface area contributed by atoms with Gasteiger partial charge in [0.25, 0.3) is 5.91 Å². The van der Waals surface area contributed by atoms with Gasteiger partial charge in [0.2, 0.25) is 5.91 Å². The maximum Gasteiger partial charge on any atom is 0.251 e. The molecule has 3 aromatic rings. The molecule has 1 aromatic heterocycles. The molecular formula is C26H33N5O2S. The van der Waals surface area contributed by atoms with Crippen LogP contribution < -0.4 is 10.6 Å². The molecule has 0 aliphatic heterocycles. The number of aromatic nitrogens is 3. The predicted octanol–water partition coefficient (Wildman–Crippen LogP) is 4.91. The van der Waals surface area contributed by atoms with Gasteiger partial charge in [-0.2, -0.15) is 0 Å². The van der Waals surface area contributed by atoms with Crippen molar-refractivity contribution < 1.29 is 9.59 Å². The van der Waals surface area contributed by atoms with Crippen molar-refractivity contribution in [2.24, 2.45) is 13.0 Å². The number of thioether (sulfide) groups is 1. The summed E-state index contributed by atoms with van der Waals surface area (Å²) in [7, 11) is 1.86. The smallest absolute Gasteiger partial charge is 0.251 e. The summed E-state index contributed by atoms with van der Waals surface area (Å²) in [4.78, 5) is 25.4. The standard InChI is InChI=1S/C26H33N5O2S/c1-15(2)22(28-25(33)20-10-8-16(3)9-11-20)24-29-30-26(31(24)7)34-14-21(32)27-23-18(5)12-17(4)13-19(23)6/h8-13,15,22H,14H2,1-7H3,(H,27,32)(H,28,33)/t22-/m1/s1. The number of carbonyl (C=O) groups is 2. The van der Waals surface area contributed by atoms with E-state index in [9.17, 15) is 9.59 Å². The molecule has 0 aliphatic carbocycles. The Bertz CT molecular complexity index is 1160. The van der Waals surface area contributed by atoms with Crippen LogP contribution in [0.1, 0.15) is 58.3 Å². The lowest BCUT2D eigenvalue weighted by Crippen LogP contribution is -2.33. The number of nitrogens with one attached hydrogen (secondary N) is 2. The van der Waals surface area contributed by atoms with E-state index in [-0.39, 0.29) is 29.5 Å². The number of anilines is 1. The maximum atomic E-state index is 12.8. The zero-order chi connectivity index (χ0) is 25.0. The summed E-state index contributed by atoms with van der Waals surface area (Å²) in [5.41, 5.74) is 5.81. The van der Waals surface area contributed by atoms with Gasteiger partial charge in [-0.15, -0.1) is 10.2 Å². The highest BCUT2D eigenvalue weighted by Gasteiger charge is 2.25. The second-order valence-electron chi connectivity index (χ2n) is 9.07. The Kier molecular flexibility index (Phi) is 8.15. The van der Waals surface area contributed by atoms with E-state index in [1.807, 2.05) is 77.4 Å². The van der Waals surface area contributed by atoms with Gasteiger partial charge < -0.3 is 15.2 Å². The van der Waals surface area contributed by atoms with Crippen LogP contribution in [0.4, 0.5) is 5.69 Å². The van der Waals surface area contributed by atoms with Gasteiger partial charge in [0.1, 0.15) is 0 Å². The topological polar surface area (TPSA) is 88.9 Å². The normalized spacial score (nSPS) is 12.0. The zero-order valence-corrected chi connectivity index (χ0v) is 21.7. The lowest BCUT2D eigenvalue weighted by atomic mass is 10.0. The fourth-order valence-corrected chi connectivity index (χ4v) is 4.58. The van der Waals surface area contributed by atoms with Crippen molar-refractivity contribution in [2.75, 3.05) is 11.1 Å². The van der Waals surface area contributed by atoms with E-state index in [1.54, 1.807) is 0 Å². The molecule has 0 aliphatic rings. The molecule has 34 heavy (non-hydrogen) atoms. The second-order valence-corrected chi connectivity index (χ2v) is 10.0. The van der Waals surface area contributed by atoms with Crippen molar-refractivity contribution in [2.45, 2.75) is 52.7 Å². The van der Waals surface area contributed by atoms with Crippen molar-refractivity contribution in [3.05, 3.63) is 70.0 Å². The Hall–Kier alpha value is -3.13. The number of hydrogen-bond donors (Lipinski definition) is 2. The molecular weight excluding hydrogens is 446 g/mol. The Morgan fingerprint density at radius 1 is 0.971 bits per heavy atom. The molecule has 0 radical (unpaired) electrons. The van der Waals surface area contributed by atoms with Crippen molar-refractivity contribution in [3.8, 4) is 0 Å². The van der Waals surface area contributed by atoms with Gasteiger partial charge in [0.15, 0.2) is 11.0 Å². The van der Waals surface area contributed by atoms with E-state index in [0.717, 1.165) is 22.4 Å². The number of amides is 2. The molecule has 1 heterocycles. The molecule has 8 heteroatoms. The molecule has 0 saturated carbocycles. The van der Waals surface area contributed by atoms with Crippen LogP contribution in [0.25, 0.3) is 0 Å². The van der Waals surface area contributed by atoms with Gasteiger partial charge in [-0.1, -0.05) is 61.0 Å². The lowest BCUT2D eigenvalue weighted by Gasteiger charge is -2.21. The van der Waals surface area contributed by atoms with Crippen molar-refractivity contribution >= 4 is 29.3 Å². The molecule has 0 saturated heterocycles. The lowest BCUT2D eigenvalue weighted by molar-refractivity contribution is -0.113. The van der Waals surface area contributed by atoms with Crippen molar-refractivity contribution in [1.82, 2.24) is 20.1 Å². The first-order chi connectivity index (χ1) is 16.1. The minimum Gasteiger partial charge on any atom is -0.342 e. The Balaban J connectivity index is 1.68. The summed E-state index contributed by atoms with van der Waals surface area (Å²) in [5, 5.41) is 15.4. The highest BCUT2D eigenvalue weighted by Crippen LogP contribution is 2.26. The van der Waals surface area contributed by atoms with Gasteiger partial charge in [-0.05, 0) is 56.9 Å². The zero-order valence-electron chi connectivity index (χ0n) is 20.9. The molecule has 2 amide bonds. The summed E-state index contributed by atoms with van der Waals surface area (Å²) in [6.07, 6.45) is 0. The third-order valence-corrected chi connectivity index (χ3v) is 6.71.